The van der Waals surface area contributed by atoms with Crippen molar-refractivity contribution in [2.75, 3.05) is 6.61 Å². The average Bonchev–Trinajstić information content (AvgIpc) is 3.08. The molecule has 126 valence electrons. The predicted molar refractivity (Wildman–Crippen MR) is 78.2 cm³/mol. The molecule has 4 unspecified atom stereocenters. The molecule has 0 radical (unpaired) electrons. The zero-order valence-corrected chi connectivity index (χ0v) is 12.1. The number of amides is 1. The van der Waals surface area contributed by atoms with Gasteiger partial charge in [-0.15, -0.1) is 0 Å². The maximum atomic E-state index is 11.6. The third-order valence-electron chi connectivity index (χ3n) is 4.06. The van der Waals surface area contributed by atoms with Crippen LogP contribution in [0, 0.1) is 0 Å². The number of aliphatic hydroxyl groups is 3. The van der Waals surface area contributed by atoms with Gasteiger partial charge in [-0.1, -0.05) is 0 Å². The number of hydrogen-bond acceptors (Lipinski definition) is 7. The highest BCUT2D eigenvalue weighted by Crippen LogP contribution is 2.40. The van der Waals surface area contributed by atoms with E-state index in [2.05, 4.69) is 25.0 Å². The minimum atomic E-state index is -1.46. The summed E-state index contributed by atoms with van der Waals surface area (Å²) in [5.74, 6) is 0.0161. The van der Waals surface area contributed by atoms with Crippen LogP contribution in [-0.2, 0) is 0 Å². The molecule has 0 spiro atoms. The van der Waals surface area contributed by atoms with Gasteiger partial charge in [0, 0.05) is 16.7 Å². The molecule has 24 heavy (non-hydrogen) atoms. The van der Waals surface area contributed by atoms with E-state index >= 15 is 0 Å². The quantitative estimate of drug-likeness (QED) is 0.296. The maximum absolute atomic E-state index is 11.6. The molecule has 1 aliphatic heterocycles. The van der Waals surface area contributed by atoms with Crippen LogP contribution in [0.2, 0.25) is 0 Å². The number of likely N-dealkylation sites (tertiary alicyclic amines) is 1. The summed E-state index contributed by atoms with van der Waals surface area (Å²) in [6.45, 7) is -0.650. The van der Waals surface area contributed by atoms with Crippen LogP contribution in [0.25, 0.3) is 21.5 Å². The maximum Gasteiger partial charge on any atom is 0.408 e. The van der Waals surface area contributed by atoms with Gasteiger partial charge in [0.15, 0.2) is 5.82 Å². The van der Waals surface area contributed by atoms with Gasteiger partial charge in [0.1, 0.15) is 18.5 Å². The van der Waals surface area contributed by atoms with Crippen molar-refractivity contribution in [1.82, 2.24) is 19.9 Å². The van der Waals surface area contributed by atoms with Gasteiger partial charge in [0.05, 0.1) is 29.7 Å². The Morgan fingerprint density at radius 2 is 2.17 bits per heavy atom. The summed E-state index contributed by atoms with van der Waals surface area (Å²) in [6.07, 6.45) is -1.80. The van der Waals surface area contributed by atoms with Crippen LogP contribution in [0.3, 0.4) is 0 Å². The Morgan fingerprint density at radius 3 is 2.79 bits per heavy atom. The molecule has 12 nitrogen and oxygen atoms in total. The lowest BCUT2D eigenvalue weighted by Crippen LogP contribution is -2.42. The average molecular weight is 335 g/mol. The molecule has 2 aromatic rings. The first-order valence-electron chi connectivity index (χ1n) is 6.86. The van der Waals surface area contributed by atoms with Gasteiger partial charge in [-0.3, -0.25) is 4.90 Å². The van der Waals surface area contributed by atoms with Crippen LogP contribution in [0.4, 0.5) is 10.6 Å². The SMILES string of the molecule is [N-]=[N+]=Nc1ncnc2c(C3C(O)C(O)C(CO)N3C(=O)O)c[nH]c12. The molecule has 1 fully saturated rings. The third kappa shape index (κ3) is 2.21. The van der Waals surface area contributed by atoms with Crippen molar-refractivity contribution in [2.45, 2.75) is 24.3 Å². The summed E-state index contributed by atoms with van der Waals surface area (Å²) in [6, 6.07) is -2.33. The Labute approximate surface area is 133 Å². The summed E-state index contributed by atoms with van der Waals surface area (Å²) in [4.78, 5) is 25.6. The molecular formula is C12H13N7O5. The van der Waals surface area contributed by atoms with Gasteiger partial charge in [-0.2, -0.15) is 0 Å². The number of azide groups is 1. The van der Waals surface area contributed by atoms with Crippen molar-refractivity contribution in [2.24, 2.45) is 5.11 Å². The van der Waals surface area contributed by atoms with Crippen molar-refractivity contribution >= 4 is 22.9 Å². The summed E-state index contributed by atoms with van der Waals surface area (Å²) >= 11 is 0. The fourth-order valence-corrected chi connectivity index (χ4v) is 3.03. The van der Waals surface area contributed by atoms with E-state index < -0.39 is 37.0 Å². The van der Waals surface area contributed by atoms with E-state index in [1.54, 1.807) is 0 Å². The fourth-order valence-electron chi connectivity index (χ4n) is 3.03. The van der Waals surface area contributed by atoms with Crippen LogP contribution < -0.4 is 0 Å². The number of carbonyl (C=O) groups is 1. The van der Waals surface area contributed by atoms with Gasteiger partial charge >= 0.3 is 6.09 Å². The minimum absolute atomic E-state index is 0.0161. The topological polar surface area (TPSA) is 192 Å². The zero-order chi connectivity index (χ0) is 17.4. The van der Waals surface area contributed by atoms with E-state index in [-0.39, 0.29) is 22.4 Å². The second kappa shape index (κ2) is 5.94. The largest absolute Gasteiger partial charge is 0.465 e. The van der Waals surface area contributed by atoms with E-state index in [0.717, 1.165) is 11.2 Å². The van der Waals surface area contributed by atoms with Crippen LogP contribution in [0.15, 0.2) is 17.6 Å². The normalized spacial score (nSPS) is 26.5. The van der Waals surface area contributed by atoms with Crippen molar-refractivity contribution in [3.8, 4) is 0 Å². The van der Waals surface area contributed by atoms with Gasteiger partial charge in [0.25, 0.3) is 0 Å². The van der Waals surface area contributed by atoms with Crippen LogP contribution >= 0.6 is 0 Å². The molecule has 0 aliphatic carbocycles. The lowest BCUT2D eigenvalue weighted by Gasteiger charge is -2.26. The van der Waals surface area contributed by atoms with E-state index in [4.69, 9.17) is 5.53 Å². The lowest BCUT2D eigenvalue weighted by atomic mass is 10.0. The number of aliphatic hydroxyl groups excluding tert-OH is 3. The highest BCUT2D eigenvalue weighted by Gasteiger charge is 2.51. The number of carboxylic acid groups (broad SMARTS) is 1. The molecular weight excluding hydrogens is 322 g/mol. The molecule has 5 N–H and O–H groups in total. The molecule has 0 aromatic carbocycles. The lowest BCUT2D eigenvalue weighted by molar-refractivity contribution is 0.0181. The number of rotatable bonds is 3. The summed E-state index contributed by atoms with van der Waals surface area (Å²) in [5.41, 5.74) is 9.34. The molecule has 3 rings (SSSR count). The first-order chi connectivity index (χ1) is 11.5. The first kappa shape index (κ1) is 16.0. The zero-order valence-electron chi connectivity index (χ0n) is 12.1. The Bertz CT molecular complexity index is 832. The van der Waals surface area contributed by atoms with E-state index in [9.17, 15) is 25.2 Å². The molecule has 12 heteroatoms. The third-order valence-corrected chi connectivity index (χ3v) is 4.06. The number of nitrogens with zero attached hydrogens (tertiary/aromatic N) is 6. The summed E-state index contributed by atoms with van der Waals surface area (Å²) in [5, 5.41) is 42.5. The van der Waals surface area contributed by atoms with Crippen molar-refractivity contribution in [1.29, 1.82) is 0 Å². The van der Waals surface area contributed by atoms with Crippen LogP contribution in [-0.4, -0.2) is 71.2 Å². The number of fused-ring (bicyclic) bond motifs is 1. The van der Waals surface area contributed by atoms with Gasteiger partial charge in [0.2, 0.25) is 0 Å². The highest BCUT2D eigenvalue weighted by molar-refractivity contribution is 5.87. The van der Waals surface area contributed by atoms with E-state index in [1.807, 2.05) is 0 Å². The van der Waals surface area contributed by atoms with Crippen molar-refractivity contribution in [3.63, 3.8) is 0 Å². The van der Waals surface area contributed by atoms with Crippen molar-refractivity contribution in [3.05, 3.63) is 28.5 Å². The Hall–Kier alpha value is -2.92. The predicted octanol–water partition coefficient (Wildman–Crippen LogP) is 0.0171. The molecule has 2 aromatic heterocycles. The number of H-pyrrole nitrogens is 1. The molecule has 1 saturated heterocycles. The highest BCUT2D eigenvalue weighted by atomic mass is 16.4. The molecule has 0 saturated carbocycles. The monoisotopic (exact) mass is 335 g/mol. The van der Waals surface area contributed by atoms with E-state index in [0.29, 0.717) is 0 Å². The number of aromatic amines is 1. The second-order valence-electron chi connectivity index (χ2n) is 5.22. The first-order valence-corrected chi connectivity index (χ1v) is 6.86. The number of nitrogens with one attached hydrogen (secondary N) is 1. The number of aromatic nitrogens is 3. The molecule has 3 heterocycles. The Kier molecular flexibility index (Phi) is 3.95. The van der Waals surface area contributed by atoms with Gasteiger partial charge < -0.3 is 25.4 Å². The van der Waals surface area contributed by atoms with Gasteiger partial charge in [-0.25, -0.2) is 14.8 Å². The van der Waals surface area contributed by atoms with Gasteiger partial charge in [-0.05, 0) is 10.6 Å². The van der Waals surface area contributed by atoms with Crippen molar-refractivity contribution < 1.29 is 25.2 Å². The fraction of sp³-hybridized carbons (Fsp3) is 0.417. The molecule has 4 atom stereocenters. The van der Waals surface area contributed by atoms with Crippen LogP contribution in [0.1, 0.15) is 11.6 Å². The molecule has 1 aliphatic rings. The minimum Gasteiger partial charge on any atom is -0.465 e. The molecule has 0 bridgehead atoms. The molecule has 1 amide bonds. The summed E-state index contributed by atoms with van der Waals surface area (Å²) < 4.78 is 0. The summed E-state index contributed by atoms with van der Waals surface area (Å²) in [7, 11) is 0. The van der Waals surface area contributed by atoms with Crippen LogP contribution in [0.5, 0.6) is 0 Å². The Balaban J connectivity index is 2.17. The smallest absolute Gasteiger partial charge is 0.408 e. The second-order valence-corrected chi connectivity index (χ2v) is 5.22. The van der Waals surface area contributed by atoms with E-state index in [1.165, 1.54) is 6.20 Å². The standard InChI is InChI=1S/C12H13N7O5/c13-18-17-11-7-6(15-3-16-11)4(1-14-7)8-10(22)9(21)5(2-20)19(8)12(23)24/h1,3,5,8-10,14,20-22H,2H2,(H,23,24). The Morgan fingerprint density at radius 1 is 1.42 bits per heavy atom. The number of hydrogen-bond donors (Lipinski definition) is 5.